The van der Waals surface area contributed by atoms with Crippen LogP contribution in [0.25, 0.3) is 0 Å². The topological polar surface area (TPSA) is 115 Å². The van der Waals surface area contributed by atoms with E-state index in [1.807, 2.05) is 47.6 Å². The van der Waals surface area contributed by atoms with E-state index in [1.165, 1.54) is 27.9 Å². The summed E-state index contributed by atoms with van der Waals surface area (Å²) in [4.78, 5) is 14.4. The van der Waals surface area contributed by atoms with E-state index >= 15 is 0 Å². The predicted molar refractivity (Wildman–Crippen MR) is 304 cm³/mol. The zero-order valence-electron chi connectivity index (χ0n) is 46.2. The summed E-state index contributed by atoms with van der Waals surface area (Å²) >= 11 is 0. The van der Waals surface area contributed by atoms with E-state index in [0.717, 1.165) is 120 Å². The fourth-order valence-electron chi connectivity index (χ4n) is 9.48. The van der Waals surface area contributed by atoms with E-state index in [9.17, 15) is 10.2 Å². The molecule has 3 aliphatic rings. The Labute approximate surface area is 465 Å². The Bertz CT molecular complexity index is 2420. The fourth-order valence-corrected chi connectivity index (χ4v) is 9.48. The van der Waals surface area contributed by atoms with Gasteiger partial charge >= 0.3 is 16.8 Å². The van der Waals surface area contributed by atoms with Crippen LogP contribution in [0, 0.1) is 0 Å². The van der Waals surface area contributed by atoms with Crippen molar-refractivity contribution in [3.05, 3.63) is 204 Å². The SMILES string of the molecule is C1COCCO1.C1COCCO1.CC(C)(C)c1cc([O-])c([O-])c(C(C)(C)C)c1.CCN1Cc2cccc(n2)CN(CC)Cc2cccc(n2)C1.[Co+3].c1ccc([B-](c2ccccc2)(c2ccccc2)c2ccccc2)cc1. The Morgan fingerprint density at radius 1 is 0.421 bits per heavy atom. The molecule has 76 heavy (non-hydrogen) atoms. The number of hydrogen-bond acceptors (Lipinski definition) is 10. The number of ether oxygens (including phenoxy) is 4. The van der Waals surface area contributed by atoms with Gasteiger partial charge in [-0.15, -0.1) is 11.5 Å². The van der Waals surface area contributed by atoms with Crippen molar-refractivity contribution in [2.24, 2.45) is 0 Å². The minimum atomic E-state index is -1.22. The van der Waals surface area contributed by atoms with Crippen LogP contribution in [0.3, 0.4) is 0 Å². The van der Waals surface area contributed by atoms with Crippen LogP contribution in [-0.4, -0.2) is 91.9 Å². The predicted octanol–water partition coefficient (Wildman–Crippen LogP) is 8.39. The van der Waals surface area contributed by atoms with Crippen molar-refractivity contribution in [1.29, 1.82) is 0 Å². The third kappa shape index (κ3) is 18.2. The maximum atomic E-state index is 11.8. The third-order valence-electron chi connectivity index (χ3n) is 13.6. The molecule has 12 heteroatoms. The number of benzene rings is 5. The van der Waals surface area contributed by atoms with Crippen LogP contribution in [0.1, 0.15) is 89.3 Å². The van der Waals surface area contributed by atoms with Gasteiger partial charge in [-0.2, -0.15) is 21.9 Å². The Kier molecular flexibility index (Phi) is 24.9. The van der Waals surface area contributed by atoms with Gasteiger partial charge in [-0.25, -0.2) is 0 Å². The molecule has 404 valence electrons. The van der Waals surface area contributed by atoms with Crippen LogP contribution in [0.15, 0.2) is 170 Å². The largest absolute Gasteiger partial charge is 3.00 e. The third-order valence-corrected chi connectivity index (χ3v) is 13.6. The molecule has 0 N–H and O–H groups in total. The van der Waals surface area contributed by atoms with E-state index in [4.69, 9.17) is 28.9 Å². The second kappa shape index (κ2) is 30.9. The van der Waals surface area contributed by atoms with Gasteiger partial charge in [-0.1, -0.05) is 207 Å². The molecule has 0 atom stereocenters. The summed E-state index contributed by atoms with van der Waals surface area (Å²) < 4.78 is 19.8. The Morgan fingerprint density at radius 3 is 0.947 bits per heavy atom. The Morgan fingerprint density at radius 2 is 0.711 bits per heavy atom. The quantitative estimate of drug-likeness (QED) is 0.151. The fraction of sp³-hybridized carbons (Fsp3) is 0.375. The van der Waals surface area contributed by atoms with Gasteiger partial charge in [0.15, 0.2) is 0 Å². The van der Waals surface area contributed by atoms with Crippen LogP contribution in [0.4, 0.5) is 0 Å². The summed E-state index contributed by atoms with van der Waals surface area (Å²) in [6.45, 7) is 28.1. The summed E-state index contributed by atoms with van der Waals surface area (Å²) in [6, 6.07) is 59.6. The van der Waals surface area contributed by atoms with Gasteiger partial charge in [0.05, 0.1) is 75.6 Å². The Hall–Kier alpha value is -5.67. The smallest absolute Gasteiger partial charge is 0.873 e. The first-order valence-electron chi connectivity index (χ1n) is 26.8. The molecular formula is C64H80BCoN4O6. The maximum Gasteiger partial charge on any atom is 3.00 e. The molecule has 5 aromatic carbocycles. The van der Waals surface area contributed by atoms with E-state index < -0.39 is 11.9 Å². The first kappa shape index (κ1) is 61.2. The normalized spacial score (nSPS) is 15.1. The van der Waals surface area contributed by atoms with Crippen molar-refractivity contribution >= 4 is 28.0 Å². The van der Waals surface area contributed by atoms with Crippen molar-refractivity contribution in [3.8, 4) is 11.5 Å². The minimum Gasteiger partial charge on any atom is -0.873 e. The van der Waals surface area contributed by atoms with Gasteiger partial charge in [-0.05, 0) is 53.7 Å². The molecule has 0 unspecified atom stereocenters. The summed E-state index contributed by atoms with van der Waals surface area (Å²) in [5.74, 6) is -0.752. The number of aromatic nitrogens is 2. The van der Waals surface area contributed by atoms with Crippen LogP contribution in [0.5, 0.6) is 11.5 Å². The number of pyridine rings is 2. The minimum absolute atomic E-state index is 0. The number of fused-ring (bicyclic) bond motifs is 4. The van der Waals surface area contributed by atoms with Crippen LogP contribution < -0.4 is 32.1 Å². The molecular weight excluding hydrogens is 990 g/mol. The summed E-state index contributed by atoms with van der Waals surface area (Å²) in [5, 5.41) is 23.4. The standard InChI is InChI=1S/C24H20B.C18H24N4.C14H22O2.2C4H8O2.Co/c1-5-13-21(14-6-1)25(22-15-7-2-8-16-22,23-17-9-3-10-18-23)24-19-11-4-12-20-24;1-3-21-11-15-7-5-9-17(19-15)13-22(4-2)14-18-10-6-8-16(12-21)20-18;1-13(2,3)9-7-10(14(4,5)6)12(16)11(15)8-9;2*1-2-6-4-3-5-1;/h1-20H;5-10H,3-4,11-14H2,1-2H3;7-8,15-16H,1-6H3;2*1-4H2;/q-1;;;;;+3/p-2. The van der Waals surface area contributed by atoms with Crippen molar-refractivity contribution in [2.45, 2.75) is 92.4 Å². The zero-order chi connectivity index (χ0) is 53.5. The van der Waals surface area contributed by atoms with E-state index in [2.05, 4.69) is 181 Å². The van der Waals surface area contributed by atoms with Crippen LogP contribution in [0.2, 0.25) is 0 Å². The second-order valence-electron chi connectivity index (χ2n) is 21.2. The monoisotopic (exact) mass is 1070 g/mol. The molecule has 10 rings (SSSR count). The first-order chi connectivity index (χ1) is 36.2. The summed E-state index contributed by atoms with van der Waals surface area (Å²) in [7, 11) is 0. The molecule has 2 aromatic heterocycles. The van der Waals surface area contributed by atoms with Gasteiger partial charge in [0.2, 0.25) is 0 Å². The average molecular weight is 1070 g/mol. The van der Waals surface area contributed by atoms with Crippen molar-refractivity contribution in [3.63, 3.8) is 0 Å². The molecule has 4 bridgehead atoms. The molecule has 5 heterocycles. The molecule has 0 spiro atoms. The number of hydrogen-bond donors (Lipinski definition) is 0. The van der Waals surface area contributed by atoms with Crippen LogP contribution in [-0.2, 0) is 72.7 Å². The molecule has 0 amide bonds. The second-order valence-corrected chi connectivity index (χ2v) is 21.2. The first-order valence-corrected chi connectivity index (χ1v) is 26.8. The summed E-state index contributed by atoms with van der Waals surface area (Å²) in [6.07, 6.45) is -1.22. The molecule has 0 aliphatic carbocycles. The number of nitrogens with zero attached hydrogens (tertiary/aromatic N) is 4. The van der Waals surface area contributed by atoms with Gasteiger partial charge in [0.1, 0.15) is 6.15 Å². The Balaban J connectivity index is 0.000000191. The van der Waals surface area contributed by atoms with Gasteiger partial charge < -0.3 is 29.2 Å². The molecule has 10 nitrogen and oxygen atoms in total. The average Bonchev–Trinajstić information content (AvgIpc) is 3.45. The molecule has 2 saturated heterocycles. The zero-order valence-corrected chi connectivity index (χ0v) is 47.3. The van der Waals surface area contributed by atoms with Crippen molar-refractivity contribution in [1.82, 2.24) is 19.8 Å². The number of rotatable bonds is 6. The molecule has 3 aliphatic heterocycles. The van der Waals surface area contributed by atoms with E-state index in [1.54, 1.807) is 0 Å². The van der Waals surface area contributed by atoms with Gasteiger partial charge in [0, 0.05) is 26.2 Å². The molecule has 7 aromatic rings. The maximum absolute atomic E-state index is 11.8. The molecule has 0 saturated carbocycles. The van der Waals surface area contributed by atoms with Crippen molar-refractivity contribution < 1.29 is 45.9 Å². The summed E-state index contributed by atoms with van der Waals surface area (Å²) in [5.41, 5.74) is 11.1. The molecule has 2 fully saturated rings. The van der Waals surface area contributed by atoms with Gasteiger partial charge in [-0.3, -0.25) is 19.8 Å². The van der Waals surface area contributed by atoms with Crippen LogP contribution >= 0.6 is 0 Å². The van der Waals surface area contributed by atoms with E-state index in [-0.39, 0.29) is 33.4 Å². The van der Waals surface area contributed by atoms with Gasteiger partial charge in [0.25, 0.3) is 0 Å². The van der Waals surface area contributed by atoms with E-state index in [0.29, 0.717) is 5.56 Å². The van der Waals surface area contributed by atoms with Crippen molar-refractivity contribution in [2.75, 3.05) is 65.9 Å². The molecule has 0 radical (unpaired) electrons.